The molecule has 98 valence electrons. The lowest BCUT2D eigenvalue weighted by Crippen LogP contribution is -2.42. The van der Waals surface area contributed by atoms with Gasteiger partial charge in [-0.3, -0.25) is 9.69 Å². The van der Waals surface area contributed by atoms with Crippen LogP contribution in [0, 0.1) is 17.3 Å². The molecule has 1 N–H and O–H groups in total. The number of hydrogen-bond donors (Lipinski definition) is 1. The minimum Gasteiger partial charge on any atom is -0.480 e. The molecule has 2 fully saturated rings. The second-order valence-electron chi connectivity index (χ2n) is 6.88. The summed E-state index contributed by atoms with van der Waals surface area (Å²) in [6, 6.07) is 0.474. The van der Waals surface area contributed by atoms with Crippen molar-refractivity contribution in [2.45, 2.75) is 52.5 Å². The topological polar surface area (TPSA) is 40.5 Å². The van der Waals surface area contributed by atoms with Crippen molar-refractivity contribution in [3.05, 3.63) is 0 Å². The summed E-state index contributed by atoms with van der Waals surface area (Å²) in [5.74, 6) is 0.718. The lowest BCUT2D eigenvalue weighted by atomic mass is 9.91. The zero-order chi connectivity index (χ0) is 12.6. The van der Waals surface area contributed by atoms with Crippen LogP contribution in [0.3, 0.4) is 0 Å². The predicted octanol–water partition coefficient (Wildman–Crippen LogP) is 2.61. The Kier molecular flexibility index (Phi) is 3.48. The maximum absolute atomic E-state index is 11.0. The Morgan fingerprint density at radius 3 is 2.41 bits per heavy atom. The van der Waals surface area contributed by atoms with Gasteiger partial charge >= 0.3 is 5.97 Å². The van der Waals surface area contributed by atoms with Crippen molar-refractivity contribution in [1.82, 2.24) is 4.90 Å². The van der Waals surface area contributed by atoms with E-state index >= 15 is 0 Å². The van der Waals surface area contributed by atoms with Crippen molar-refractivity contribution >= 4 is 5.97 Å². The molecule has 2 saturated carbocycles. The summed E-state index contributed by atoms with van der Waals surface area (Å²) in [5.41, 5.74) is 0.379. The third kappa shape index (κ3) is 3.44. The summed E-state index contributed by atoms with van der Waals surface area (Å²) in [7, 11) is 0. The smallest absolute Gasteiger partial charge is 0.317 e. The Hall–Kier alpha value is -0.570. The molecule has 17 heavy (non-hydrogen) atoms. The average molecular weight is 239 g/mol. The van der Waals surface area contributed by atoms with E-state index in [1.54, 1.807) is 0 Å². The van der Waals surface area contributed by atoms with Crippen LogP contribution < -0.4 is 0 Å². The molecule has 3 nitrogen and oxygen atoms in total. The summed E-state index contributed by atoms with van der Waals surface area (Å²) >= 11 is 0. The molecule has 2 aliphatic rings. The first-order chi connectivity index (χ1) is 7.87. The van der Waals surface area contributed by atoms with Crippen molar-refractivity contribution in [3.8, 4) is 0 Å². The van der Waals surface area contributed by atoms with Crippen molar-refractivity contribution in [2.75, 3.05) is 13.1 Å². The first kappa shape index (κ1) is 12.9. The molecular weight excluding hydrogens is 214 g/mol. The fourth-order valence-electron chi connectivity index (χ4n) is 3.47. The summed E-state index contributed by atoms with van der Waals surface area (Å²) in [6.07, 6.45) is 4.95. The maximum atomic E-state index is 11.0. The number of carbonyl (C=O) groups is 1. The molecule has 0 spiro atoms. The average Bonchev–Trinajstić information content (AvgIpc) is 2.91. The zero-order valence-electron chi connectivity index (χ0n) is 11.3. The number of rotatable bonds is 5. The van der Waals surface area contributed by atoms with Crippen LogP contribution in [-0.4, -0.2) is 35.1 Å². The summed E-state index contributed by atoms with van der Waals surface area (Å²) in [6.45, 7) is 8.11. The van der Waals surface area contributed by atoms with Gasteiger partial charge in [0.25, 0.3) is 0 Å². The minimum absolute atomic E-state index is 0.224. The zero-order valence-corrected chi connectivity index (χ0v) is 11.3. The van der Waals surface area contributed by atoms with Crippen LogP contribution in [0.2, 0.25) is 0 Å². The number of nitrogens with zero attached hydrogens (tertiary/aromatic N) is 1. The van der Waals surface area contributed by atoms with Crippen LogP contribution in [0.4, 0.5) is 0 Å². The molecule has 0 saturated heterocycles. The molecule has 2 aliphatic carbocycles. The van der Waals surface area contributed by atoms with Crippen LogP contribution in [0.15, 0.2) is 0 Å². The Bertz CT molecular complexity index is 297. The van der Waals surface area contributed by atoms with Gasteiger partial charge in [-0.25, -0.2) is 0 Å². The molecule has 0 aliphatic heterocycles. The molecule has 0 bridgehead atoms. The van der Waals surface area contributed by atoms with Crippen molar-refractivity contribution in [2.24, 2.45) is 17.3 Å². The highest BCUT2D eigenvalue weighted by Crippen LogP contribution is 2.44. The highest BCUT2D eigenvalue weighted by molar-refractivity contribution is 5.69. The summed E-state index contributed by atoms with van der Waals surface area (Å²) < 4.78 is 0. The van der Waals surface area contributed by atoms with Gasteiger partial charge in [-0.05, 0) is 42.9 Å². The number of aliphatic carboxylic acids is 1. The van der Waals surface area contributed by atoms with Gasteiger partial charge in [0, 0.05) is 12.6 Å². The lowest BCUT2D eigenvalue weighted by Gasteiger charge is -2.31. The number of hydrogen-bond acceptors (Lipinski definition) is 2. The van der Waals surface area contributed by atoms with Gasteiger partial charge in [-0.15, -0.1) is 0 Å². The van der Waals surface area contributed by atoms with E-state index in [2.05, 4.69) is 25.7 Å². The molecular formula is C14H25NO2. The van der Waals surface area contributed by atoms with E-state index in [9.17, 15) is 4.79 Å². The lowest BCUT2D eigenvalue weighted by molar-refractivity contribution is -0.139. The van der Waals surface area contributed by atoms with Gasteiger partial charge in [-0.1, -0.05) is 20.8 Å². The molecule has 3 heteroatoms. The third-order valence-corrected chi connectivity index (χ3v) is 4.29. The molecule has 2 rings (SSSR count). The fourth-order valence-corrected chi connectivity index (χ4v) is 3.47. The van der Waals surface area contributed by atoms with Gasteiger partial charge in [0.1, 0.15) is 0 Å². The molecule has 0 radical (unpaired) electrons. The highest BCUT2D eigenvalue weighted by atomic mass is 16.4. The molecule has 2 unspecified atom stereocenters. The van der Waals surface area contributed by atoms with Crippen LogP contribution in [0.1, 0.15) is 46.5 Å². The van der Waals surface area contributed by atoms with Gasteiger partial charge < -0.3 is 5.11 Å². The van der Waals surface area contributed by atoms with Crippen LogP contribution in [0.25, 0.3) is 0 Å². The Balaban J connectivity index is 2.00. The van der Waals surface area contributed by atoms with Crippen LogP contribution in [-0.2, 0) is 4.79 Å². The number of carboxylic acids is 1. The Labute approximate surface area is 104 Å². The van der Waals surface area contributed by atoms with E-state index in [0.29, 0.717) is 17.4 Å². The SMILES string of the molecule is CC1CC(C)(C)CC1N(CC(=O)O)CC1CC1. The normalized spacial score (nSPS) is 32.0. The van der Waals surface area contributed by atoms with Gasteiger partial charge in [0.05, 0.1) is 6.54 Å². The minimum atomic E-state index is -0.678. The summed E-state index contributed by atoms with van der Waals surface area (Å²) in [5, 5.41) is 9.05. The van der Waals surface area contributed by atoms with E-state index in [-0.39, 0.29) is 6.54 Å². The Morgan fingerprint density at radius 1 is 1.35 bits per heavy atom. The first-order valence-corrected chi connectivity index (χ1v) is 6.83. The molecule has 0 aromatic carbocycles. The molecule has 0 aromatic heterocycles. The van der Waals surface area contributed by atoms with Crippen molar-refractivity contribution in [3.63, 3.8) is 0 Å². The largest absolute Gasteiger partial charge is 0.480 e. The van der Waals surface area contributed by atoms with Crippen LogP contribution >= 0.6 is 0 Å². The maximum Gasteiger partial charge on any atom is 0.317 e. The van der Waals surface area contributed by atoms with E-state index in [1.165, 1.54) is 19.3 Å². The predicted molar refractivity (Wildman–Crippen MR) is 67.9 cm³/mol. The van der Waals surface area contributed by atoms with E-state index in [0.717, 1.165) is 18.9 Å². The van der Waals surface area contributed by atoms with E-state index in [1.807, 2.05) is 0 Å². The summed E-state index contributed by atoms with van der Waals surface area (Å²) in [4.78, 5) is 13.2. The quantitative estimate of drug-likeness (QED) is 0.801. The number of carboxylic acid groups (broad SMARTS) is 1. The molecule has 0 amide bonds. The van der Waals surface area contributed by atoms with Crippen LogP contribution in [0.5, 0.6) is 0 Å². The first-order valence-electron chi connectivity index (χ1n) is 6.83. The fraction of sp³-hybridized carbons (Fsp3) is 0.929. The third-order valence-electron chi connectivity index (χ3n) is 4.29. The monoisotopic (exact) mass is 239 g/mol. The van der Waals surface area contributed by atoms with Crippen molar-refractivity contribution in [1.29, 1.82) is 0 Å². The van der Waals surface area contributed by atoms with E-state index in [4.69, 9.17) is 5.11 Å². The van der Waals surface area contributed by atoms with Gasteiger partial charge in [-0.2, -0.15) is 0 Å². The molecule has 0 aromatic rings. The standard InChI is InChI=1S/C14H25NO2/c1-10-6-14(2,3)7-12(10)15(9-13(16)17)8-11-4-5-11/h10-12H,4-9H2,1-3H3,(H,16,17). The van der Waals surface area contributed by atoms with Gasteiger partial charge in [0.15, 0.2) is 0 Å². The Morgan fingerprint density at radius 2 is 2.00 bits per heavy atom. The van der Waals surface area contributed by atoms with Gasteiger partial charge in [0.2, 0.25) is 0 Å². The van der Waals surface area contributed by atoms with Crippen molar-refractivity contribution < 1.29 is 9.90 Å². The van der Waals surface area contributed by atoms with E-state index < -0.39 is 5.97 Å². The molecule has 0 heterocycles. The molecule has 2 atom stereocenters. The highest BCUT2D eigenvalue weighted by Gasteiger charge is 2.41. The second-order valence-corrected chi connectivity index (χ2v) is 6.88. The second kappa shape index (κ2) is 4.60.